The Balaban J connectivity index is 1.81. The molecule has 0 amide bonds. The fourth-order valence-corrected chi connectivity index (χ4v) is 3.98. The van der Waals surface area contributed by atoms with Gasteiger partial charge in [-0.3, -0.25) is 14.8 Å². The van der Waals surface area contributed by atoms with E-state index in [1.807, 2.05) is 6.92 Å². The first-order chi connectivity index (χ1) is 11.8. The number of benzene rings is 2. The average molecular weight is 376 g/mol. The van der Waals surface area contributed by atoms with Crippen LogP contribution >= 0.6 is 11.3 Å². The van der Waals surface area contributed by atoms with Crippen molar-refractivity contribution >= 4 is 32.2 Å². The molecule has 0 aliphatic carbocycles. The number of aryl methyl sites for hydroxylation is 1. The van der Waals surface area contributed by atoms with Crippen LogP contribution in [0.15, 0.2) is 53.4 Å². The van der Waals surface area contributed by atoms with Crippen molar-refractivity contribution in [1.82, 2.24) is 10.2 Å². The summed E-state index contributed by atoms with van der Waals surface area (Å²) in [6.45, 7) is 1.87. The summed E-state index contributed by atoms with van der Waals surface area (Å²) in [5, 5.41) is 19.0. The summed E-state index contributed by atoms with van der Waals surface area (Å²) in [5.74, 6) is 0. The molecule has 1 N–H and O–H groups in total. The van der Waals surface area contributed by atoms with E-state index in [-0.39, 0.29) is 15.7 Å². The van der Waals surface area contributed by atoms with Crippen molar-refractivity contribution in [3.63, 3.8) is 0 Å². The summed E-state index contributed by atoms with van der Waals surface area (Å²) >= 11 is 1.04. The van der Waals surface area contributed by atoms with Gasteiger partial charge in [0.25, 0.3) is 15.7 Å². The lowest BCUT2D eigenvalue weighted by Crippen LogP contribution is -2.12. The molecule has 0 aliphatic rings. The highest BCUT2D eigenvalue weighted by Crippen LogP contribution is 2.29. The summed E-state index contributed by atoms with van der Waals surface area (Å²) in [6, 6.07) is 12.2. The van der Waals surface area contributed by atoms with E-state index in [9.17, 15) is 18.5 Å². The van der Waals surface area contributed by atoms with Crippen LogP contribution in [0.3, 0.4) is 0 Å². The maximum absolute atomic E-state index is 12.3. The minimum atomic E-state index is -3.75. The summed E-state index contributed by atoms with van der Waals surface area (Å²) in [7, 11) is -3.75. The summed E-state index contributed by atoms with van der Waals surface area (Å²) in [5.41, 5.74) is 1.53. The second-order valence-electron chi connectivity index (χ2n) is 5.13. The molecule has 0 atom stereocenters. The van der Waals surface area contributed by atoms with E-state index in [4.69, 9.17) is 0 Å². The molecule has 0 radical (unpaired) electrons. The van der Waals surface area contributed by atoms with E-state index in [1.54, 1.807) is 12.1 Å². The zero-order valence-corrected chi connectivity index (χ0v) is 14.5. The van der Waals surface area contributed by atoms with Crippen molar-refractivity contribution in [3.8, 4) is 10.6 Å². The number of hydrogen-bond donors (Lipinski definition) is 1. The van der Waals surface area contributed by atoms with Crippen LogP contribution in [0.4, 0.5) is 10.8 Å². The molecule has 3 rings (SSSR count). The van der Waals surface area contributed by atoms with Crippen molar-refractivity contribution in [2.75, 3.05) is 4.72 Å². The number of sulfonamides is 1. The first-order valence-corrected chi connectivity index (χ1v) is 9.33. The van der Waals surface area contributed by atoms with E-state index < -0.39 is 14.9 Å². The topological polar surface area (TPSA) is 115 Å². The number of rotatable bonds is 5. The molecule has 25 heavy (non-hydrogen) atoms. The van der Waals surface area contributed by atoms with Crippen molar-refractivity contribution in [3.05, 3.63) is 64.2 Å². The lowest BCUT2D eigenvalue weighted by Gasteiger charge is -2.04. The molecule has 0 saturated heterocycles. The van der Waals surface area contributed by atoms with Gasteiger partial charge in [-0.25, -0.2) is 8.42 Å². The van der Waals surface area contributed by atoms with Crippen LogP contribution in [0.1, 0.15) is 5.56 Å². The van der Waals surface area contributed by atoms with Crippen LogP contribution in [0, 0.1) is 17.0 Å². The highest BCUT2D eigenvalue weighted by Gasteiger charge is 2.17. The molecule has 0 unspecified atom stereocenters. The van der Waals surface area contributed by atoms with Crippen molar-refractivity contribution < 1.29 is 13.3 Å². The standard InChI is InChI=1S/C15H12N4O4S2/c1-10-2-8-13(9-3-10)25(22,23)18-15-17-16-14(24-15)11-4-6-12(7-5-11)19(20)21/h2-9H,1H3,(H,17,18). The largest absolute Gasteiger partial charge is 0.269 e. The third-order valence-corrected chi connectivity index (χ3v) is 5.67. The van der Waals surface area contributed by atoms with Gasteiger partial charge < -0.3 is 0 Å². The molecule has 10 heteroatoms. The van der Waals surface area contributed by atoms with E-state index in [0.29, 0.717) is 10.6 Å². The van der Waals surface area contributed by atoms with Gasteiger partial charge in [-0.1, -0.05) is 29.0 Å². The zero-order chi connectivity index (χ0) is 18.0. The highest BCUT2D eigenvalue weighted by molar-refractivity contribution is 7.93. The molecule has 0 fully saturated rings. The molecule has 3 aromatic rings. The number of anilines is 1. The van der Waals surface area contributed by atoms with E-state index in [2.05, 4.69) is 14.9 Å². The highest BCUT2D eigenvalue weighted by atomic mass is 32.2. The van der Waals surface area contributed by atoms with Crippen LogP contribution in [-0.4, -0.2) is 23.5 Å². The van der Waals surface area contributed by atoms with Crippen LogP contribution in [0.5, 0.6) is 0 Å². The van der Waals surface area contributed by atoms with Crippen LogP contribution < -0.4 is 4.72 Å². The molecule has 128 valence electrons. The SMILES string of the molecule is Cc1ccc(S(=O)(=O)Nc2nnc(-c3ccc([N+](=O)[O-])cc3)s2)cc1. The Morgan fingerprint density at radius 3 is 2.28 bits per heavy atom. The molecule has 0 spiro atoms. The van der Waals surface area contributed by atoms with Crippen LogP contribution in [0.2, 0.25) is 0 Å². The van der Waals surface area contributed by atoms with Gasteiger partial charge >= 0.3 is 0 Å². The Morgan fingerprint density at radius 1 is 1.04 bits per heavy atom. The molecular formula is C15H12N4O4S2. The predicted molar refractivity (Wildman–Crippen MR) is 94.0 cm³/mol. The summed E-state index contributed by atoms with van der Waals surface area (Å²) in [6.07, 6.45) is 0. The normalized spacial score (nSPS) is 11.2. The number of nitrogens with zero attached hydrogens (tertiary/aromatic N) is 3. The number of non-ortho nitro benzene ring substituents is 1. The van der Waals surface area contributed by atoms with Crippen molar-refractivity contribution in [2.45, 2.75) is 11.8 Å². The molecule has 1 heterocycles. The lowest BCUT2D eigenvalue weighted by atomic mass is 10.2. The number of nitro benzene ring substituents is 1. The third-order valence-electron chi connectivity index (χ3n) is 3.30. The maximum atomic E-state index is 12.3. The van der Waals surface area contributed by atoms with Crippen molar-refractivity contribution in [1.29, 1.82) is 0 Å². The first kappa shape index (κ1) is 17.0. The Morgan fingerprint density at radius 2 is 1.68 bits per heavy atom. The second-order valence-corrected chi connectivity index (χ2v) is 7.79. The van der Waals surface area contributed by atoms with Crippen molar-refractivity contribution in [2.24, 2.45) is 0 Å². The Bertz CT molecular complexity index is 1010. The minimum absolute atomic E-state index is 0.0337. The number of aromatic nitrogens is 2. The summed E-state index contributed by atoms with van der Waals surface area (Å²) in [4.78, 5) is 10.3. The van der Waals surface area contributed by atoms with Gasteiger partial charge in [0.15, 0.2) is 0 Å². The Labute approximate surface area is 147 Å². The van der Waals surface area contributed by atoms with Gasteiger partial charge in [0.1, 0.15) is 5.01 Å². The van der Waals surface area contributed by atoms with Gasteiger partial charge in [-0.2, -0.15) is 0 Å². The number of nitrogens with one attached hydrogen (secondary N) is 1. The quantitative estimate of drug-likeness (QED) is 0.540. The Kier molecular flexibility index (Phi) is 4.47. The second kappa shape index (κ2) is 6.57. The monoisotopic (exact) mass is 376 g/mol. The minimum Gasteiger partial charge on any atom is -0.258 e. The first-order valence-electron chi connectivity index (χ1n) is 7.03. The number of hydrogen-bond acceptors (Lipinski definition) is 7. The van der Waals surface area contributed by atoms with Gasteiger partial charge in [-0.15, -0.1) is 10.2 Å². The average Bonchev–Trinajstić information content (AvgIpc) is 3.03. The molecule has 0 aliphatic heterocycles. The fraction of sp³-hybridized carbons (Fsp3) is 0.0667. The van der Waals surface area contributed by atoms with E-state index in [1.165, 1.54) is 36.4 Å². The smallest absolute Gasteiger partial charge is 0.258 e. The number of nitro groups is 1. The molecule has 2 aromatic carbocycles. The lowest BCUT2D eigenvalue weighted by molar-refractivity contribution is -0.384. The molecule has 0 bridgehead atoms. The van der Waals surface area contributed by atoms with Crippen LogP contribution in [0.25, 0.3) is 10.6 Å². The molecule has 8 nitrogen and oxygen atoms in total. The van der Waals surface area contributed by atoms with Gasteiger partial charge in [0, 0.05) is 17.7 Å². The van der Waals surface area contributed by atoms with Gasteiger partial charge in [0.05, 0.1) is 9.82 Å². The fourth-order valence-electron chi connectivity index (χ4n) is 2.00. The van der Waals surface area contributed by atoms with E-state index >= 15 is 0 Å². The van der Waals surface area contributed by atoms with Gasteiger partial charge in [0.2, 0.25) is 5.13 Å². The molecule has 1 aromatic heterocycles. The zero-order valence-electron chi connectivity index (χ0n) is 12.9. The van der Waals surface area contributed by atoms with Crippen LogP contribution in [-0.2, 0) is 10.0 Å². The third kappa shape index (κ3) is 3.80. The summed E-state index contributed by atoms with van der Waals surface area (Å²) < 4.78 is 27.0. The Hall–Kier alpha value is -2.85. The molecule has 0 saturated carbocycles. The van der Waals surface area contributed by atoms with E-state index in [0.717, 1.165) is 16.9 Å². The predicted octanol–water partition coefficient (Wildman–Crippen LogP) is 3.22. The molecular weight excluding hydrogens is 364 g/mol. The maximum Gasteiger partial charge on any atom is 0.269 e. The van der Waals surface area contributed by atoms with Gasteiger partial charge in [-0.05, 0) is 31.2 Å².